The average molecular weight is 192 g/mol. The number of anilines is 1. The minimum absolute atomic E-state index is 0.489. The van der Waals surface area contributed by atoms with E-state index in [1.807, 2.05) is 19.2 Å². The molecule has 0 saturated carbocycles. The van der Waals surface area contributed by atoms with Gasteiger partial charge in [0.25, 0.3) is 0 Å². The van der Waals surface area contributed by atoms with E-state index in [-0.39, 0.29) is 0 Å². The molecule has 5 heteroatoms. The molecule has 0 amide bonds. The average Bonchev–Trinajstić information content (AvgIpc) is 2.59. The van der Waals surface area contributed by atoms with Crippen LogP contribution >= 0.6 is 0 Å². The standard InChI is InChI=1S/C9H12N4O/c1-2-14-5-7-3-8-9(10)11-6-12-13(8)4-7/h3-4,6H,2,5H2,1H3,(H2,10,11,12). The fourth-order valence-electron chi connectivity index (χ4n) is 1.30. The van der Waals surface area contributed by atoms with E-state index in [4.69, 9.17) is 10.5 Å². The molecule has 0 saturated heterocycles. The van der Waals surface area contributed by atoms with Crippen LogP contribution < -0.4 is 5.73 Å². The predicted molar refractivity (Wildman–Crippen MR) is 52.7 cm³/mol. The lowest BCUT2D eigenvalue weighted by Gasteiger charge is -1.94. The molecule has 0 bridgehead atoms. The fraction of sp³-hybridized carbons (Fsp3) is 0.333. The van der Waals surface area contributed by atoms with Gasteiger partial charge in [0.1, 0.15) is 11.8 Å². The normalized spacial score (nSPS) is 10.9. The molecule has 2 aromatic heterocycles. The van der Waals surface area contributed by atoms with Crippen LogP contribution in [0.25, 0.3) is 5.52 Å². The summed E-state index contributed by atoms with van der Waals surface area (Å²) in [5, 5.41) is 4.04. The van der Waals surface area contributed by atoms with Crippen molar-refractivity contribution >= 4 is 11.3 Å². The van der Waals surface area contributed by atoms with E-state index in [2.05, 4.69) is 10.1 Å². The summed E-state index contributed by atoms with van der Waals surface area (Å²) in [6.45, 7) is 3.25. The van der Waals surface area contributed by atoms with Gasteiger partial charge in [-0.15, -0.1) is 0 Å². The molecule has 0 spiro atoms. The maximum absolute atomic E-state index is 5.69. The number of ether oxygens (including phenoxy) is 1. The lowest BCUT2D eigenvalue weighted by molar-refractivity contribution is 0.134. The number of rotatable bonds is 3. The third-order valence-electron chi connectivity index (χ3n) is 1.97. The van der Waals surface area contributed by atoms with E-state index < -0.39 is 0 Å². The Morgan fingerprint density at radius 1 is 1.57 bits per heavy atom. The number of nitrogens with two attached hydrogens (primary N) is 1. The molecular formula is C9H12N4O. The smallest absolute Gasteiger partial charge is 0.151 e. The van der Waals surface area contributed by atoms with Crippen LogP contribution in [-0.2, 0) is 11.3 Å². The van der Waals surface area contributed by atoms with Crippen molar-refractivity contribution in [2.45, 2.75) is 13.5 Å². The van der Waals surface area contributed by atoms with Crippen LogP contribution in [-0.4, -0.2) is 21.2 Å². The van der Waals surface area contributed by atoms with E-state index in [0.29, 0.717) is 19.0 Å². The number of aromatic nitrogens is 3. The molecule has 2 N–H and O–H groups in total. The van der Waals surface area contributed by atoms with Gasteiger partial charge in [0.15, 0.2) is 5.82 Å². The summed E-state index contributed by atoms with van der Waals surface area (Å²) in [5.74, 6) is 0.489. The minimum atomic E-state index is 0.489. The van der Waals surface area contributed by atoms with Gasteiger partial charge in [-0.2, -0.15) is 5.10 Å². The van der Waals surface area contributed by atoms with Gasteiger partial charge in [-0.05, 0) is 18.6 Å². The van der Waals surface area contributed by atoms with Crippen LogP contribution in [0.5, 0.6) is 0 Å². The number of hydrogen-bond acceptors (Lipinski definition) is 4. The summed E-state index contributed by atoms with van der Waals surface area (Å²) < 4.78 is 6.99. The van der Waals surface area contributed by atoms with Crippen LogP contribution in [0.15, 0.2) is 18.6 Å². The Balaban J connectivity index is 2.36. The van der Waals surface area contributed by atoms with Gasteiger partial charge >= 0.3 is 0 Å². The number of nitrogens with zero attached hydrogens (tertiary/aromatic N) is 3. The van der Waals surface area contributed by atoms with Gasteiger partial charge in [0.05, 0.1) is 6.61 Å². The number of nitrogen functional groups attached to an aromatic ring is 1. The van der Waals surface area contributed by atoms with Crippen molar-refractivity contribution < 1.29 is 4.74 Å². The highest BCUT2D eigenvalue weighted by Gasteiger charge is 2.03. The first-order valence-electron chi connectivity index (χ1n) is 4.46. The van der Waals surface area contributed by atoms with Crippen molar-refractivity contribution in [3.63, 3.8) is 0 Å². The van der Waals surface area contributed by atoms with Crippen molar-refractivity contribution in [3.05, 3.63) is 24.2 Å². The van der Waals surface area contributed by atoms with Crippen LogP contribution in [0.4, 0.5) is 5.82 Å². The van der Waals surface area contributed by atoms with Gasteiger partial charge in [0, 0.05) is 12.8 Å². The molecule has 14 heavy (non-hydrogen) atoms. The monoisotopic (exact) mass is 192 g/mol. The molecule has 0 unspecified atom stereocenters. The summed E-state index contributed by atoms with van der Waals surface area (Å²) in [6.07, 6.45) is 3.33. The number of hydrogen-bond donors (Lipinski definition) is 1. The lowest BCUT2D eigenvalue weighted by atomic mass is 10.3. The van der Waals surface area contributed by atoms with E-state index >= 15 is 0 Å². The molecule has 0 radical (unpaired) electrons. The molecule has 0 aliphatic rings. The Morgan fingerprint density at radius 3 is 3.14 bits per heavy atom. The fourth-order valence-corrected chi connectivity index (χ4v) is 1.30. The maximum Gasteiger partial charge on any atom is 0.151 e. The Morgan fingerprint density at radius 2 is 2.43 bits per heavy atom. The second kappa shape index (κ2) is 3.63. The topological polar surface area (TPSA) is 65.4 Å². The van der Waals surface area contributed by atoms with Crippen molar-refractivity contribution in [1.29, 1.82) is 0 Å². The largest absolute Gasteiger partial charge is 0.382 e. The van der Waals surface area contributed by atoms with Crippen molar-refractivity contribution in [2.24, 2.45) is 0 Å². The van der Waals surface area contributed by atoms with Gasteiger partial charge in [-0.25, -0.2) is 9.50 Å². The Labute approximate surface area is 81.5 Å². The second-order valence-corrected chi connectivity index (χ2v) is 2.96. The highest BCUT2D eigenvalue weighted by atomic mass is 16.5. The zero-order valence-corrected chi connectivity index (χ0v) is 7.97. The second-order valence-electron chi connectivity index (χ2n) is 2.96. The molecule has 2 rings (SSSR count). The van der Waals surface area contributed by atoms with Crippen molar-refractivity contribution in [3.8, 4) is 0 Å². The first kappa shape index (κ1) is 8.96. The first-order chi connectivity index (χ1) is 6.81. The summed E-state index contributed by atoms with van der Waals surface area (Å²) >= 11 is 0. The molecule has 0 aromatic carbocycles. The van der Waals surface area contributed by atoms with E-state index in [1.54, 1.807) is 4.52 Å². The highest BCUT2D eigenvalue weighted by molar-refractivity contribution is 5.65. The van der Waals surface area contributed by atoms with Crippen LogP contribution in [0.3, 0.4) is 0 Å². The maximum atomic E-state index is 5.69. The molecule has 74 valence electrons. The van der Waals surface area contributed by atoms with Crippen LogP contribution in [0.2, 0.25) is 0 Å². The van der Waals surface area contributed by atoms with E-state index in [1.165, 1.54) is 6.33 Å². The van der Waals surface area contributed by atoms with Gasteiger partial charge in [0.2, 0.25) is 0 Å². The molecule has 5 nitrogen and oxygen atoms in total. The quantitative estimate of drug-likeness (QED) is 0.782. The SMILES string of the molecule is CCOCc1cc2c(N)ncnn2c1. The zero-order chi connectivity index (χ0) is 9.97. The van der Waals surface area contributed by atoms with Crippen molar-refractivity contribution in [2.75, 3.05) is 12.3 Å². The summed E-state index contributed by atoms with van der Waals surface area (Å²) in [5.41, 5.74) is 7.56. The van der Waals surface area contributed by atoms with Crippen molar-refractivity contribution in [1.82, 2.24) is 14.6 Å². The Hall–Kier alpha value is -1.62. The highest BCUT2D eigenvalue weighted by Crippen LogP contribution is 2.13. The van der Waals surface area contributed by atoms with Gasteiger partial charge in [-0.3, -0.25) is 0 Å². The lowest BCUT2D eigenvalue weighted by Crippen LogP contribution is -1.96. The van der Waals surface area contributed by atoms with Crippen LogP contribution in [0.1, 0.15) is 12.5 Å². The molecule has 0 fully saturated rings. The number of fused-ring (bicyclic) bond motifs is 1. The summed E-state index contributed by atoms with van der Waals surface area (Å²) in [7, 11) is 0. The molecular weight excluding hydrogens is 180 g/mol. The Kier molecular flexibility index (Phi) is 2.32. The molecule has 0 atom stereocenters. The van der Waals surface area contributed by atoms with E-state index in [9.17, 15) is 0 Å². The van der Waals surface area contributed by atoms with Crippen LogP contribution in [0, 0.1) is 0 Å². The third kappa shape index (κ3) is 1.54. The van der Waals surface area contributed by atoms with E-state index in [0.717, 1.165) is 11.1 Å². The molecule has 0 aliphatic carbocycles. The predicted octanol–water partition coefficient (Wildman–Crippen LogP) is 0.848. The Bertz CT molecular complexity index is 437. The molecule has 0 aliphatic heterocycles. The molecule has 2 heterocycles. The third-order valence-corrected chi connectivity index (χ3v) is 1.97. The first-order valence-corrected chi connectivity index (χ1v) is 4.46. The summed E-state index contributed by atoms with van der Waals surface area (Å²) in [6, 6.07) is 1.94. The summed E-state index contributed by atoms with van der Waals surface area (Å²) in [4.78, 5) is 3.91. The van der Waals surface area contributed by atoms with Gasteiger partial charge < -0.3 is 10.5 Å². The molecule has 2 aromatic rings. The van der Waals surface area contributed by atoms with Gasteiger partial charge in [-0.1, -0.05) is 0 Å². The zero-order valence-electron chi connectivity index (χ0n) is 7.97. The minimum Gasteiger partial charge on any atom is -0.382 e.